The van der Waals surface area contributed by atoms with Crippen LogP contribution in [0.2, 0.25) is 0 Å². The molecule has 1 amide bonds. The van der Waals surface area contributed by atoms with Crippen molar-refractivity contribution in [3.63, 3.8) is 0 Å². The first-order valence-electron chi connectivity index (χ1n) is 8.76. The summed E-state index contributed by atoms with van der Waals surface area (Å²) in [6.45, 7) is 4.12. The van der Waals surface area contributed by atoms with E-state index in [2.05, 4.69) is 11.8 Å². The molecule has 2 fully saturated rings. The number of rotatable bonds is 6. The summed E-state index contributed by atoms with van der Waals surface area (Å²) >= 11 is 0. The fourth-order valence-electron chi connectivity index (χ4n) is 3.65. The van der Waals surface area contributed by atoms with Gasteiger partial charge in [0.15, 0.2) is 0 Å². The molecule has 0 N–H and O–H groups in total. The fraction of sp³-hybridized carbons (Fsp3) is 0.938. The Morgan fingerprint density at radius 1 is 1.13 bits per heavy atom. The van der Waals surface area contributed by atoms with Gasteiger partial charge in [-0.1, -0.05) is 6.92 Å². The molecule has 0 spiro atoms. The lowest BCUT2D eigenvalue weighted by atomic mass is 9.92. The Bertz CT molecular complexity index is 486. The van der Waals surface area contributed by atoms with Gasteiger partial charge in [-0.3, -0.25) is 4.79 Å². The van der Waals surface area contributed by atoms with Crippen LogP contribution in [0, 0.1) is 5.92 Å². The number of nitrogens with zero attached hydrogens (tertiary/aromatic N) is 2. The number of sulfonamides is 1. The van der Waals surface area contributed by atoms with Gasteiger partial charge in [0.1, 0.15) is 0 Å². The summed E-state index contributed by atoms with van der Waals surface area (Å²) in [6.07, 6.45) is 5.68. The van der Waals surface area contributed by atoms with Gasteiger partial charge in [-0.25, -0.2) is 12.7 Å². The van der Waals surface area contributed by atoms with Crippen LogP contribution in [0.25, 0.3) is 0 Å². The molecule has 0 aromatic rings. The third-order valence-corrected chi connectivity index (χ3v) is 6.96. The molecule has 0 saturated carbocycles. The van der Waals surface area contributed by atoms with Crippen LogP contribution in [-0.4, -0.2) is 68.7 Å². The highest BCUT2D eigenvalue weighted by Crippen LogP contribution is 2.26. The summed E-state index contributed by atoms with van der Waals surface area (Å²) in [6, 6.07) is 0.375. The van der Waals surface area contributed by atoms with Crippen LogP contribution < -0.4 is 0 Å². The van der Waals surface area contributed by atoms with Gasteiger partial charge in [0, 0.05) is 38.7 Å². The maximum absolute atomic E-state index is 12.8. The van der Waals surface area contributed by atoms with E-state index < -0.39 is 10.0 Å². The minimum absolute atomic E-state index is 0.0176. The summed E-state index contributed by atoms with van der Waals surface area (Å²) in [5.74, 6) is 0.244. The van der Waals surface area contributed by atoms with E-state index in [0.29, 0.717) is 32.0 Å². The summed E-state index contributed by atoms with van der Waals surface area (Å²) in [5.41, 5.74) is 0. The van der Waals surface area contributed by atoms with Crippen molar-refractivity contribution in [2.75, 3.05) is 39.1 Å². The largest absolute Gasteiger partial charge is 0.384 e. The van der Waals surface area contributed by atoms with Gasteiger partial charge in [-0.15, -0.1) is 0 Å². The van der Waals surface area contributed by atoms with Gasteiger partial charge < -0.3 is 9.64 Å². The lowest BCUT2D eigenvalue weighted by Crippen LogP contribution is -2.49. The Balaban J connectivity index is 1.89. The number of carbonyl (C=O) groups is 1. The SMILES string of the molecule is CCC1CCCCN1C(=O)C1CCN(S(=O)(=O)CCOC)CC1. The van der Waals surface area contributed by atoms with Crippen LogP contribution in [0.3, 0.4) is 0 Å². The second-order valence-electron chi connectivity index (χ2n) is 6.57. The first kappa shape index (κ1) is 18.7. The monoisotopic (exact) mass is 346 g/mol. The van der Waals surface area contributed by atoms with Crippen molar-refractivity contribution in [2.24, 2.45) is 5.92 Å². The average Bonchev–Trinajstić information content (AvgIpc) is 2.59. The van der Waals surface area contributed by atoms with E-state index in [4.69, 9.17) is 4.74 Å². The Morgan fingerprint density at radius 3 is 2.43 bits per heavy atom. The van der Waals surface area contributed by atoms with Gasteiger partial charge in [0.2, 0.25) is 15.9 Å². The molecule has 134 valence electrons. The Kier molecular flexibility index (Phi) is 6.85. The molecule has 0 aromatic heterocycles. The molecule has 0 aromatic carbocycles. The van der Waals surface area contributed by atoms with Crippen LogP contribution in [0.15, 0.2) is 0 Å². The van der Waals surface area contributed by atoms with Gasteiger partial charge in [0.05, 0.1) is 12.4 Å². The molecule has 0 aliphatic carbocycles. The standard InChI is InChI=1S/C16H30N2O4S/c1-3-15-6-4-5-9-18(15)16(19)14-7-10-17(11-8-14)23(20,21)13-12-22-2/h14-15H,3-13H2,1-2H3. The third kappa shape index (κ3) is 4.67. The molecular formula is C16H30N2O4S. The van der Waals surface area contributed by atoms with Crippen LogP contribution in [0.4, 0.5) is 0 Å². The lowest BCUT2D eigenvalue weighted by molar-refractivity contribution is -0.140. The topological polar surface area (TPSA) is 66.9 Å². The van der Waals surface area contributed by atoms with Gasteiger partial charge in [0.25, 0.3) is 0 Å². The van der Waals surface area contributed by atoms with E-state index in [1.54, 1.807) is 0 Å². The number of likely N-dealkylation sites (tertiary alicyclic amines) is 1. The van der Waals surface area contributed by atoms with Crippen molar-refractivity contribution in [1.82, 2.24) is 9.21 Å². The first-order valence-corrected chi connectivity index (χ1v) is 10.4. The summed E-state index contributed by atoms with van der Waals surface area (Å²) in [5, 5.41) is 0. The Hall–Kier alpha value is -0.660. The lowest BCUT2D eigenvalue weighted by Gasteiger charge is -2.39. The van der Waals surface area contributed by atoms with Crippen LogP contribution >= 0.6 is 0 Å². The molecule has 2 rings (SSSR count). The highest BCUT2D eigenvalue weighted by atomic mass is 32.2. The van der Waals surface area contributed by atoms with Crippen molar-refractivity contribution < 1.29 is 17.9 Å². The van der Waals surface area contributed by atoms with E-state index in [-0.39, 0.29) is 24.2 Å². The van der Waals surface area contributed by atoms with Crippen molar-refractivity contribution in [3.05, 3.63) is 0 Å². The normalized spacial score (nSPS) is 24.8. The maximum Gasteiger partial charge on any atom is 0.226 e. The summed E-state index contributed by atoms with van der Waals surface area (Å²) in [7, 11) is -1.75. The zero-order valence-electron chi connectivity index (χ0n) is 14.4. The highest BCUT2D eigenvalue weighted by Gasteiger charge is 2.35. The average molecular weight is 346 g/mol. The van der Waals surface area contributed by atoms with Crippen LogP contribution in [0.1, 0.15) is 45.4 Å². The summed E-state index contributed by atoms with van der Waals surface area (Å²) < 4.78 is 30.7. The predicted octanol–water partition coefficient (Wildman–Crippen LogP) is 1.47. The second kappa shape index (κ2) is 8.44. The van der Waals surface area contributed by atoms with Gasteiger partial charge in [-0.05, 0) is 38.5 Å². The number of piperidine rings is 2. The Morgan fingerprint density at radius 2 is 1.83 bits per heavy atom. The van der Waals surface area contributed by atoms with Crippen molar-refractivity contribution in [2.45, 2.75) is 51.5 Å². The van der Waals surface area contributed by atoms with E-state index in [1.807, 2.05) is 0 Å². The van der Waals surface area contributed by atoms with E-state index in [0.717, 1.165) is 25.8 Å². The molecule has 2 aliphatic rings. The Labute approximate surface area is 140 Å². The first-order chi connectivity index (χ1) is 11.0. The number of hydrogen-bond donors (Lipinski definition) is 0. The van der Waals surface area contributed by atoms with E-state index in [1.165, 1.54) is 17.8 Å². The van der Waals surface area contributed by atoms with Crippen molar-refractivity contribution in [1.29, 1.82) is 0 Å². The molecule has 6 nitrogen and oxygen atoms in total. The molecule has 1 unspecified atom stereocenters. The third-order valence-electron chi connectivity index (χ3n) is 5.12. The molecule has 0 radical (unpaired) electrons. The van der Waals surface area contributed by atoms with Crippen molar-refractivity contribution in [3.8, 4) is 0 Å². The molecular weight excluding hydrogens is 316 g/mol. The molecule has 0 bridgehead atoms. The zero-order chi connectivity index (χ0) is 16.9. The molecule has 23 heavy (non-hydrogen) atoms. The summed E-state index contributed by atoms with van der Waals surface area (Å²) in [4.78, 5) is 14.8. The van der Waals surface area contributed by atoms with Gasteiger partial charge in [-0.2, -0.15) is 0 Å². The smallest absolute Gasteiger partial charge is 0.226 e. The second-order valence-corrected chi connectivity index (χ2v) is 8.66. The van der Waals surface area contributed by atoms with E-state index in [9.17, 15) is 13.2 Å². The number of carbonyl (C=O) groups excluding carboxylic acids is 1. The van der Waals surface area contributed by atoms with E-state index >= 15 is 0 Å². The number of amides is 1. The molecule has 1 atom stereocenters. The minimum Gasteiger partial charge on any atom is -0.384 e. The molecule has 2 aliphatic heterocycles. The molecule has 7 heteroatoms. The number of hydrogen-bond acceptors (Lipinski definition) is 4. The van der Waals surface area contributed by atoms with Crippen LogP contribution in [0.5, 0.6) is 0 Å². The maximum atomic E-state index is 12.8. The number of methoxy groups -OCH3 is 1. The van der Waals surface area contributed by atoms with Crippen LogP contribution in [-0.2, 0) is 19.6 Å². The quantitative estimate of drug-likeness (QED) is 0.730. The predicted molar refractivity (Wildman–Crippen MR) is 89.6 cm³/mol. The number of ether oxygens (including phenoxy) is 1. The molecule has 2 saturated heterocycles. The zero-order valence-corrected chi connectivity index (χ0v) is 15.2. The fourth-order valence-corrected chi connectivity index (χ4v) is 5.05. The van der Waals surface area contributed by atoms with Crippen molar-refractivity contribution >= 4 is 15.9 Å². The molecule has 2 heterocycles. The minimum atomic E-state index is -3.25. The van der Waals surface area contributed by atoms with Gasteiger partial charge >= 0.3 is 0 Å². The highest BCUT2D eigenvalue weighted by molar-refractivity contribution is 7.89.